The zero-order valence-electron chi connectivity index (χ0n) is 15.0. The molecule has 0 spiro atoms. The molecule has 0 aromatic heterocycles. The van der Waals surface area contributed by atoms with Gasteiger partial charge in [0.1, 0.15) is 0 Å². The van der Waals surface area contributed by atoms with Crippen molar-refractivity contribution in [2.24, 2.45) is 4.99 Å². The topological polar surface area (TPSA) is 50.5 Å². The Bertz CT molecular complexity index is 738. The second-order valence-corrected chi connectivity index (χ2v) is 5.76. The normalized spacial score (nSPS) is 14.7. The van der Waals surface area contributed by atoms with Crippen LogP contribution in [0.3, 0.4) is 0 Å². The molecule has 0 saturated heterocycles. The molecule has 0 fully saturated rings. The SMILES string of the molecule is C1=NCCNCCNCc2ccccc2[N-]c2ccccc21.F[B-](F)(F)F.[Ni+2]. The molecule has 2 aromatic carbocycles. The van der Waals surface area contributed by atoms with E-state index < -0.39 is 7.25 Å². The molecule has 0 saturated carbocycles. The van der Waals surface area contributed by atoms with E-state index in [2.05, 4.69) is 39.9 Å². The van der Waals surface area contributed by atoms with Gasteiger partial charge in [-0.05, 0) is 11.1 Å². The van der Waals surface area contributed by atoms with Gasteiger partial charge < -0.3 is 33.2 Å². The fraction of sp³-hybridized carbons (Fsp3) is 0.278. The minimum atomic E-state index is -6.00. The first-order valence-corrected chi connectivity index (χ1v) is 8.61. The van der Waals surface area contributed by atoms with E-state index in [-0.39, 0.29) is 16.5 Å². The predicted octanol–water partition coefficient (Wildman–Crippen LogP) is 4.43. The third-order valence-corrected chi connectivity index (χ3v) is 3.61. The molecule has 0 radical (unpaired) electrons. The molecule has 154 valence electrons. The molecular formula is C18H21BF4N4Ni. The summed E-state index contributed by atoms with van der Waals surface area (Å²) in [6, 6.07) is 16.4. The summed E-state index contributed by atoms with van der Waals surface area (Å²) >= 11 is 0. The van der Waals surface area contributed by atoms with Crippen LogP contribution in [-0.2, 0) is 23.0 Å². The molecule has 2 aromatic rings. The fourth-order valence-electron chi connectivity index (χ4n) is 2.43. The third kappa shape index (κ3) is 9.87. The van der Waals surface area contributed by atoms with Crippen molar-refractivity contribution in [3.8, 4) is 0 Å². The van der Waals surface area contributed by atoms with Crippen molar-refractivity contribution in [3.63, 3.8) is 0 Å². The van der Waals surface area contributed by atoms with Gasteiger partial charge in [-0.3, -0.25) is 4.99 Å². The maximum absolute atomic E-state index is 9.75. The molecule has 28 heavy (non-hydrogen) atoms. The van der Waals surface area contributed by atoms with Gasteiger partial charge >= 0.3 is 23.7 Å². The Morgan fingerprint density at radius 3 is 2.18 bits per heavy atom. The number of nitrogens with zero attached hydrogens (tertiary/aromatic N) is 2. The first-order valence-electron chi connectivity index (χ1n) is 8.61. The molecule has 3 rings (SSSR count). The number of para-hydroxylation sites is 2. The Morgan fingerprint density at radius 2 is 1.43 bits per heavy atom. The molecule has 10 heteroatoms. The minimum Gasteiger partial charge on any atom is -0.657 e. The first kappa shape index (κ1) is 24.1. The van der Waals surface area contributed by atoms with Crippen LogP contribution in [-0.4, -0.2) is 39.6 Å². The summed E-state index contributed by atoms with van der Waals surface area (Å²) in [6.07, 6.45) is 1.92. The maximum atomic E-state index is 9.75. The summed E-state index contributed by atoms with van der Waals surface area (Å²) in [4.78, 5) is 4.49. The molecule has 1 heterocycles. The molecule has 2 N–H and O–H groups in total. The maximum Gasteiger partial charge on any atom is 2.00 e. The quantitative estimate of drug-likeness (QED) is 0.472. The number of hydrogen-bond acceptors (Lipinski definition) is 3. The van der Waals surface area contributed by atoms with Gasteiger partial charge in [0.25, 0.3) is 0 Å². The number of halogens is 4. The Labute approximate surface area is 172 Å². The van der Waals surface area contributed by atoms with Gasteiger partial charge in [0, 0.05) is 32.4 Å². The standard InChI is InChI=1S/C18H21N4.BF4.Ni/c1-3-7-17-15(5-1)13-20-11-9-19-10-12-21-14-16-6-2-4-8-18(16)22-17;2-1(3,4)5;/h1-8,13,19,21H,9-12,14H2;;/q2*-1;+2. The van der Waals surface area contributed by atoms with E-state index in [1.165, 1.54) is 5.56 Å². The van der Waals surface area contributed by atoms with Crippen LogP contribution in [0.4, 0.5) is 28.6 Å². The summed E-state index contributed by atoms with van der Waals surface area (Å²) in [6.45, 7) is 4.40. The van der Waals surface area contributed by atoms with E-state index >= 15 is 0 Å². The van der Waals surface area contributed by atoms with Crippen molar-refractivity contribution < 1.29 is 33.8 Å². The van der Waals surface area contributed by atoms with Crippen LogP contribution in [0.5, 0.6) is 0 Å². The first-order chi connectivity index (χ1) is 12.9. The number of aliphatic imine (C=N–C) groups is 1. The van der Waals surface area contributed by atoms with Crippen molar-refractivity contribution in [2.45, 2.75) is 6.54 Å². The molecule has 0 bridgehead atoms. The number of fused-ring (bicyclic) bond motifs is 2. The van der Waals surface area contributed by atoms with Gasteiger partial charge in [-0.2, -0.15) is 0 Å². The number of nitrogens with one attached hydrogen (secondary N) is 2. The molecule has 0 unspecified atom stereocenters. The molecule has 1 aliphatic rings. The summed E-state index contributed by atoms with van der Waals surface area (Å²) in [5, 5.41) is 11.7. The zero-order valence-corrected chi connectivity index (χ0v) is 16.0. The monoisotopic (exact) mass is 438 g/mol. The Balaban J connectivity index is 0.000000584. The van der Waals surface area contributed by atoms with Crippen LogP contribution in [0.1, 0.15) is 11.1 Å². The van der Waals surface area contributed by atoms with E-state index in [0.29, 0.717) is 0 Å². The van der Waals surface area contributed by atoms with Gasteiger partial charge in [-0.15, -0.1) is 11.4 Å². The Hall–Kier alpha value is -1.89. The largest absolute Gasteiger partial charge is 2.00 e. The van der Waals surface area contributed by atoms with E-state index in [1.807, 2.05) is 30.5 Å². The summed E-state index contributed by atoms with van der Waals surface area (Å²) < 4.78 is 39.0. The van der Waals surface area contributed by atoms with Crippen molar-refractivity contribution in [2.75, 3.05) is 26.2 Å². The molecule has 0 atom stereocenters. The van der Waals surface area contributed by atoms with E-state index in [9.17, 15) is 17.3 Å². The van der Waals surface area contributed by atoms with Crippen LogP contribution in [0, 0.1) is 0 Å². The van der Waals surface area contributed by atoms with Crippen LogP contribution < -0.4 is 10.6 Å². The summed E-state index contributed by atoms with van der Waals surface area (Å²) in [5.74, 6) is 0. The molecule has 0 amide bonds. The van der Waals surface area contributed by atoms with Crippen molar-refractivity contribution >= 4 is 24.8 Å². The number of rotatable bonds is 0. The van der Waals surface area contributed by atoms with E-state index in [0.717, 1.165) is 49.7 Å². The van der Waals surface area contributed by atoms with Crippen LogP contribution in [0.2, 0.25) is 0 Å². The second kappa shape index (κ2) is 12.5. The minimum absolute atomic E-state index is 0. The zero-order chi connectivity index (χ0) is 19.5. The van der Waals surface area contributed by atoms with Crippen LogP contribution in [0.15, 0.2) is 53.5 Å². The average Bonchev–Trinajstić information content (AvgIpc) is 2.61. The molecule has 1 aliphatic heterocycles. The van der Waals surface area contributed by atoms with Crippen molar-refractivity contribution in [1.29, 1.82) is 0 Å². The summed E-state index contributed by atoms with van der Waals surface area (Å²) in [5.41, 5.74) is 4.25. The second-order valence-electron chi connectivity index (χ2n) is 5.76. The van der Waals surface area contributed by atoms with Gasteiger partial charge in [-0.1, -0.05) is 48.5 Å². The molecular weight excluding hydrogens is 418 g/mol. The van der Waals surface area contributed by atoms with Crippen molar-refractivity contribution in [1.82, 2.24) is 10.6 Å². The summed E-state index contributed by atoms with van der Waals surface area (Å²) in [7, 11) is -6.00. The predicted molar refractivity (Wildman–Crippen MR) is 103 cm³/mol. The van der Waals surface area contributed by atoms with Gasteiger partial charge in [-0.25, -0.2) is 0 Å². The molecule has 0 aliphatic carbocycles. The van der Waals surface area contributed by atoms with Gasteiger partial charge in [0.05, 0.1) is 6.54 Å². The van der Waals surface area contributed by atoms with E-state index in [4.69, 9.17) is 5.32 Å². The number of benzene rings is 2. The molecule has 4 nitrogen and oxygen atoms in total. The number of hydrogen-bond donors (Lipinski definition) is 2. The Kier molecular flexibility index (Phi) is 10.8. The van der Waals surface area contributed by atoms with Gasteiger partial charge in [0.15, 0.2) is 0 Å². The smallest absolute Gasteiger partial charge is 0.657 e. The van der Waals surface area contributed by atoms with Crippen LogP contribution >= 0.6 is 0 Å². The van der Waals surface area contributed by atoms with Gasteiger partial charge in [0.2, 0.25) is 0 Å². The Morgan fingerprint density at radius 1 is 0.821 bits per heavy atom. The van der Waals surface area contributed by atoms with Crippen molar-refractivity contribution in [3.05, 3.63) is 65.0 Å². The van der Waals surface area contributed by atoms with Crippen LogP contribution in [0.25, 0.3) is 5.32 Å². The fourth-order valence-corrected chi connectivity index (χ4v) is 2.43. The van der Waals surface area contributed by atoms with E-state index in [1.54, 1.807) is 0 Å². The third-order valence-electron chi connectivity index (χ3n) is 3.61. The average molecular weight is 439 g/mol.